The Balaban J connectivity index is 2.43. The van der Waals surface area contributed by atoms with Crippen LogP contribution in [-0.2, 0) is 9.59 Å². The first kappa shape index (κ1) is 12.7. The van der Waals surface area contributed by atoms with Crippen LogP contribution in [0.3, 0.4) is 0 Å². The van der Waals surface area contributed by atoms with Crippen LogP contribution in [0.4, 0.5) is 0 Å². The number of carbonyl (C=O) groups is 2. The molecule has 5 nitrogen and oxygen atoms in total. The summed E-state index contributed by atoms with van der Waals surface area (Å²) < 4.78 is 0. The maximum absolute atomic E-state index is 11.7. The largest absolute Gasteiger partial charge is 0.338 e. The summed E-state index contributed by atoms with van der Waals surface area (Å²) in [5, 5.41) is 0. The molecule has 0 aliphatic carbocycles. The molecule has 90 valence electrons. The van der Waals surface area contributed by atoms with Gasteiger partial charge in [0.2, 0.25) is 11.8 Å². The molecule has 1 fully saturated rings. The molecule has 0 radical (unpaired) electrons. The number of hydrogen-bond donors (Lipinski definition) is 0. The third-order valence-electron chi connectivity index (χ3n) is 2.62. The molecule has 5 heteroatoms. The maximum Gasteiger partial charge on any atom is 0.246 e. The lowest BCUT2D eigenvalue weighted by molar-refractivity contribution is -0.143. The SMILES string of the molecule is C=CC(=O)N1CCN(CCN(C)C)C(=O)C1. The van der Waals surface area contributed by atoms with Crippen LogP contribution in [0, 0.1) is 0 Å². The minimum Gasteiger partial charge on any atom is -0.338 e. The first-order valence-electron chi connectivity index (χ1n) is 5.38. The zero-order valence-corrected chi connectivity index (χ0v) is 9.98. The number of rotatable bonds is 4. The second-order valence-corrected chi connectivity index (χ2v) is 4.15. The van der Waals surface area contributed by atoms with Crippen LogP contribution < -0.4 is 0 Å². The van der Waals surface area contributed by atoms with Gasteiger partial charge in [-0.3, -0.25) is 9.59 Å². The van der Waals surface area contributed by atoms with Crippen molar-refractivity contribution in [2.75, 3.05) is 46.8 Å². The molecule has 16 heavy (non-hydrogen) atoms. The van der Waals surface area contributed by atoms with E-state index in [9.17, 15) is 9.59 Å². The molecule has 0 aromatic heterocycles. The maximum atomic E-state index is 11.7. The van der Waals surface area contributed by atoms with E-state index in [0.717, 1.165) is 13.1 Å². The van der Waals surface area contributed by atoms with E-state index in [0.29, 0.717) is 13.1 Å². The molecule has 0 saturated carbocycles. The summed E-state index contributed by atoms with van der Waals surface area (Å²) in [6.07, 6.45) is 1.25. The zero-order valence-electron chi connectivity index (χ0n) is 9.98. The molecule has 0 spiro atoms. The monoisotopic (exact) mass is 225 g/mol. The van der Waals surface area contributed by atoms with Crippen molar-refractivity contribution < 1.29 is 9.59 Å². The molecule has 0 atom stereocenters. The average Bonchev–Trinajstić information content (AvgIpc) is 2.26. The van der Waals surface area contributed by atoms with Gasteiger partial charge in [-0.2, -0.15) is 0 Å². The standard InChI is InChI=1S/C11H19N3O2/c1-4-10(15)14-8-7-13(11(16)9-14)6-5-12(2)3/h4H,1,5-9H2,2-3H3. The molecule has 1 saturated heterocycles. The zero-order chi connectivity index (χ0) is 12.1. The number of carbonyl (C=O) groups excluding carboxylic acids is 2. The van der Waals surface area contributed by atoms with Crippen molar-refractivity contribution in [1.29, 1.82) is 0 Å². The first-order chi connectivity index (χ1) is 7.54. The molecule has 0 aromatic rings. The van der Waals surface area contributed by atoms with Crippen LogP contribution >= 0.6 is 0 Å². The molecule has 0 bridgehead atoms. The van der Waals surface area contributed by atoms with Gasteiger partial charge in [-0.05, 0) is 20.2 Å². The predicted molar refractivity (Wildman–Crippen MR) is 61.9 cm³/mol. The molecular weight excluding hydrogens is 206 g/mol. The van der Waals surface area contributed by atoms with Crippen LogP contribution in [-0.4, -0.2) is 73.3 Å². The number of nitrogens with zero attached hydrogens (tertiary/aromatic N) is 3. The van der Waals surface area contributed by atoms with Gasteiger partial charge in [-0.25, -0.2) is 0 Å². The van der Waals surface area contributed by atoms with Crippen LogP contribution in [0.15, 0.2) is 12.7 Å². The van der Waals surface area contributed by atoms with E-state index in [-0.39, 0.29) is 18.4 Å². The van der Waals surface area contributed by atoms with Crippen LogP contribution in [0.5, 0.6) is 0 Å². The Labute approximate surface area is 96.3 Å². The fraction of sp³-hybridized carbons (Fsp3) is 0.636. The molecule has 1 aliphatic rings. The summed E-state index contributed by atoms with van der Waals surface area (Å²) in [6.45, 7) is 6.39. The van der Waals surface area contributed by atoms with Crippen LogP contribution in [0.1, 0.15) is 0 Å². The Morgan fingerprint density at radius 2 is 2.19 bits per heavy atom. The highest BCUT2D eigenvalue weighted by atomic mass is 16.2. The van der Waals surface area contributed by atoms with Crippen LogP contribution in [0.25, 0.3) is 0 Å². The van der Waals surface area contributed by atoms with Gasteiger partial charge in [0.1, 0.15) is 6.54 Å². The third-order valence-corrected chi connectivity index (χ3v) is 2.62. The topological polar surface area (TPSA) is 43.9 Å². The van der Waals surface area contributed by atoms with Crippen molar-refractivity contribution in [2.45, 2.75) is 0 Å². The van der Waals surface area contributed by atoms with Gasteiger partial charge in [0.05, 0.1) is 0 Å². The van der Waals surface area contributed by atoms with E-state index < -0.39 is 0 Å². The lowest BCUT2D eigenvalue weighted by Crippen LogP contribution is -2.53. The summed E-state index contributed by atoms with van der Waals surface area (Å²) in [7, 11) is 3.95. The van der Waals surface area contributed by atoms with Crippen molar-refractivity contribution in [3.63, 3.8) is 0 Å². The number of hydrogen-bond acceptors (Lipinski definition) is 3. The Kier molecular flexibility index (Phi) is 4.49. The fourth-order valence-electron chi connectivity index (χ4n) is 1.58. The van der Waals surface area contributed by atoms with Crippen molar-refractivity contribution in [3.8, 4) is 0 Å². The van der Waals surface area contributed by atoms with E-state index >= 15 is 0 Å². The summed E-state index contributed by atoms with van der Waals surface area (Å²) in [5.74, 6) is -0.149. The second-order valence-electron chi connectivity index (χ2n) is 4.15. The van der Waals surface area contributed by atoms with Gasteiger partial charge < -0.3 is 14.7 Å². The third kappa shape index (κ3) is 3.34. The van der Waals surface area contributed by atoms with Crippen molar-refractivity contribution in [3.05, 3.63) is 12.7 Å². The quantitative estimate of drug-likeness (QED) is 0.600. The summed E-state index contributed by atoms with van der Waals surface area (Å²) >= 11 is 0. The van der Waals surface area contributed by atoms with E-state index in [4.69, 9.17) is 0 Å². The molecule has 0 aromatic carbocycles. The van der Waals surface area contributed by atoms with E-state index in [1.54, 1.807) is 4.90 Å². The highest BCUT2D eigenvalue weighted by Gasteiger charge is 2.25. The molecule has 1 heterocycles. The Morgan fingerprint density at radius 1 is 1.50 bits per heavy atom. The van der Waals surface area contributed by atoms with Gasteiger partial charge in [0, 0.05) is 26.2 Å². The van der Waals surface area contributed by atoms with Gasteiger partial charge in [-0.1, -0.05) is 6.58 Å². The van der Waals surface area contributed by atoms with Gasteiger partial charge in [0.15, 0.2) is 0 Å². The molecule has 0 N–H and O–H groups in total. The molecule has 0 unspecified atom stereocenters. The number of piperazine rings is 1. The molecule has 2 amide bonds. The van der Waals surface area contributed by atoms with Crippen LogP contribution in [0.2, 0.25) is 0 Å². The Bertz CT molecular complexity index is 289. The van der Waals surface area contributed by atoms with Crippen molar-refractivity contribution in [2.24, 2.45) is 0 Å². The second kappa shape index (κ2) is 5.65. The predicted octanol–water partition coefficient (Wildman–Crippen LogP) is -0.595. The average molecular weight is 225 g/mol. The fourth-order valence-corrected chi connectivity index (χ4v) is 1.58. The number of likely N-dealkylation sites (N-methyl/N-ethyl adjacent to an activating group) is 1. The molecular formula is C11H19N3O2. The Hall–Kier alpha value is -1.36. The van der Waals surface area contributed by atoms with Crippen molar-refractivity contribution in [1.82, 2.24) is 14.7 Å². The highest BCUT2D eigenvalue weighted by Crippen LogP contribution is 2.03. The Morgan fingerprint density at radius 3 is 2.69 bits per heavy atom. The van der Waals surface area contributed by atoms with Gasteiger partial charge in [-0.15, -0.1) is 0 Å². The number of amides is 2. The smallest absolute Gasteiger partial charge is 0.246 e. The first-order valence-corrected chi connectivity index (χ1v) is 5.38. The molecule has 1 aliphatic heterocycles. The molecule has 1 rings (SSSR count). The minimum absolute atomic E-state index is 0.0169. The normalized spacial score (nSPS) is 16.8. The van der Waals surface area contributed by atoms with E-state index in [1.165, 1.54) is 11.0 Å². The summed E-state index contributed by atoms with van der Waals surface area (Å²) in [6, 6.07) is 0. The van der Waals surface area contributed by atoms with Gasteiger partial charge >= 0.3 is 0 Å². The van der Waals surface area contributed by atoms with E-state index in [2.05, 4.69) is 6.58 Å². The highest BCUT2D eigenvalue weighted by molar-refractivity contribution is 5.91. The summed E-state index contributed by atoms with van der Waals surface area (Å²) in [4.78, 5) is 28.4. The lowest BCUT2D eigenvalue weighted by atomic mass is 10.3. The van der Waals surface area contributed by atoms with E-state index in [1.807, 2.05) is 19.0 Å². The minimum atomic E-state index is -0.166. The van der Waals surface area contributed by atoms with Crippen molar-refractivity contribution >= 4 is 11.8 Å². The lowest BCUT2D eigenvalue weighted by Gasteiger charge is -2.34. The van der Waals surface area contributed by atoms with Gasteiger partial charge in [0.25, 0.3) is 0 Å². The summed E-state index contributed by atoms with van der Waals surface area (Å²) in [5.41, 5.74) is 0.